The SMILES string of the molecule is [B]N1C2CCC1[C@@H](Oc1ncnc(Nc3ccc(SC)cc3F)c1OC)C2. The second kappa shape index (κ2) is 7.56. The van der Waals surface area contributed by atoms with Gasteiger partial charge in [0, 0.05) is 23.4 Å². The van der Waals surface area contributed by atoms with Crippen LogP contribution >= 0.6 is 11.8 Å². The summed E-state index contributed by atoms with van der Waals surface area (Å²) in [5.41, 5.74) is 0.309. The first-order chi connectivity index (χ1) is 13.1. The highest BCUT2D eigenvalue weighted by atomic mass is 32.2. The monoisotopic (exact) mass is 386 g/mol. The molecule has 1 N–H and O–H groups in total. The fraction of sp³-hybridized carbons (Fsp3) is 0.444. The van der Waals surface area contributed by atoms with Gasteiger partial charge < -0.3 is 19.6 Å². The van der Waals surface area contributed by atoms with Gasteiger partial charge in [0.05, 0.1) is 12.8 Å². The minimum atomic E-state index is -0.364. The zero-order valence-corrected chi connectivity index (χ0v) is 16.0. The van der Waals surface area contributed by atoms with Crippen molar-refractivity contribution in [2.24, 2.45) is 0 Å². The highest BCUT2D eigenvalue weighted by Crippen LogP contribution is 2.41. The van der Waals surface area contributed by atoms with Crippen LogP contribution in [0.25, 0.3) is 0 Å². The lowest BCUT2D eigenvalue weighted by molar-refractivity contribution is 0.149. The van der Waals surface area contributed by atoms with Gasteiger partial charge in [0.15, 0.2) is 13.8 Å². The number of aromatic nitrogens is 2. The molecule has 1 aromatic carbocycles. The molecule has 2 unspecified atom stereocenters. The molecule has 1 aromatic heterocycles. The molecule has 2 bridgehead atoms. The van der Waals surface area contributed by atoms with E-state index in [-0.39, 0.29) is 18.0 Å². The lowest BCUT2D eigenvalue weighted by atomic mass is 9.98. The molecule has 2 aliphatic rings. The van der Waals surface area contributed by atoms with Gasteiger partial charge in [0.25, 0.3) is 5.88 Å². The molecule has 9 heteroatoms. The number of halogens is 1. The van der Waals surface area contributed by atoms with Crippen LogP contribution in [0.4, 0.5) is 15.9 Å². The first-order valence-electron chi connectivity index (χ1n) is 8.80. The summed E-state index contributed by atoms with van der Waals surface area (Å²) >= 11 is 1.48. The fourth-order valence-electron chi connectivity index (χ4n) is 3.81. The van der Waals surface area contributed by atoms with E-state index in [1.54, 1.807) is 6.07 Å². The van der Waals surface area contributed by atoms with Crippen molar-refractivity contribution >= 4 is 31.2 Å². The van der Waals surface area contributed by atoms with Crippen molar-refractivity contribution in [1.82, 2.24) is 14.8 Å². The molecular weight excluding hydrogens is 366 g/mol. The van der Waals surface area contributed by atoms with Gasteiger partial charge >= 0.3 is 0 Å². The molecule has 0 spiro atoms. The van der Waals surface area contributed by atoms with Crippen molar-refractivity contribution in [2.45, 2.75) is 42.3 Å². The maximum absolute atomic E-state index is 14.3. The van der Waals surface area contributed by atoms with Gasteiger partial charge in [-0.25, -0.2) is 9.37 Å². The van der Waals surface area contributed by atoms with Gasteiger partial charge in [-0.3, -0.25) is 0 Å². The van der Waals surface area contributed by atoms with Crippen molar-refractivity contribution in [3.8, 4) is 11.6 Å². The van der Waals surface area contributed by atoms with Crippen LogP contribution in [0.5, 0.6) is 11.6 Å². The molecule has 2 saturated heterocycles. The summed E-state index contributed by atoms with van der Waals surface area (Å²) in [6.45, 7) is 0. The summed E-state index contributed by atoms with van der Waals surface area (Å²) in [4.78, 5) is 11.1. The summed E-state index contributed by atoms with van der Waals surface area (Å²) in [6.07, 6.45) is 6.21. The quantitative estimate of drug-likeness (QED) is 0.605. The highest BCUT2D eigenvalue weighted by Gasteiger charge is 2.45. The van der Waals surface area contributed by atoms with E-state index in [9.17, 15) is 4.39 Å². The minimum absolute atomic E-state index is 0.0389. The van der Waals surface area contributed by atoms with Gasteiger partial charge in [0.2, 0.25) is 5.75 Å². The summed E-state index contributed by atoms with van der Waals surface area (Å²) in [5, 5.41) is 2.98. The number of thioether (sulfide) groups is 1. The Bertz CT molecular complexity index is 843. The lowest BCUT2D eigenvalue weighted by Crippen LogP contribution is -2.33. The molecule has 0 aliphatic carbocycles. The molecule has 2 aliphatic heterocycles. The molecule has 27 heavy (non-hydrogen) atoms. The van der Waals surface area contributed by atoms with Crippen molar-refractivity contribution in [3.05, 3.63) is 30.3 Å². The van der Waals surface area contributed by atoms with E-state index < -0.39 is 0 Å². The predicted octanol–water partition coefficient (Wildman–Crippen LogP) is 3.16. The van der Waals surface area contributed by atoms with Gasteiger partial charge in [-0.1, -0.05) is 0 Å². The number of nitrogens with one attached hydrogen (secondary N) is 1. The number of hydrogen-bond acceptors (Lipinski definition) is 7. The Morgan fingerprint density at radius 2 is 2.19 bits per heavy atom. The largest absolute Gasteiger partial charge is 0.489 e. The maximum Gasteiger partial charge on any atom is 0.262 e. The molecule has 4 rings (SSSR count). The zero-order chi connectivity index (χ0) is 19.0. The molecule has 2 radical (unpaired) electrons. The molecule has 0 amide bonds. The van der Waals surface area contributed by atoms with E-state index in [4.69, 9.17) is 17.5 Å². The standard InChI is InChI=1S/C18H20BFN4O2S/c1-25-16-17(23-13-5-4-11(27-2)8-12(13)20)21-9-22-18(16)26-15-7-10-3-6-14(15)24(10)19/h4-5,8-10,14-15H,3,6-7H2,1-2H3,(H,21,22,23)/t10?,14?,15-/m0/s1. The van der Waals surface area contributed by atoms with Gasteiger partial charge in [0.1, 0.15) is 18.2 Å². The molecular formula is C18H20BFN4O2S. The molecule has 2 fully saturated rings. The Hall–Kier alpha value is -2.00. The van der Waals surface area contributed by atoms with Crippen LogP contribution in [0, 0.1) is 5.82 Å². The maximum atomic E-state index is 14.3. The van der Waals surface area contributed by atoms with Gasteiger partial charge in [-0.15, -0.1) is 11.8 Å². The highest BCUT2D eigenvalue weighted by molar-refractivity contribution is 7.98. The molecule has 2 aromatic rings. The third-order valence-electron chi connectivity index (χ3n) is 5.20. The van der Waals surface area contributed by atoms with E-state index in [2.05, 4.69) is 15.3 Å². The number of fused-ring (bicyclic) bond motifs is 2. The van der Waals surface area contributed by atoms with E-state index in [1.165, 1.54) is 31.3 Å². The number of anilines is 2. The number of hydrogen-bond donors (Lipinski definition) is 1. The molecule has 140 valence electrons. The van der Waals surface area contributed by atoms with E-state index >= 15 is 0 Å². The van der Waals surface area contributed by atoms with Crippen LogP contribution in [0.15, 0.2) is 29.4 Å². The molecule has 3 atom stereocenters. The molecule has 0 saturated carbocycles. The molecule has 6 nitrogen and oxygen atoms in total. The Morgan fingerprint density at radius 1 is 1.33 bits per heavy atom. The summed E-state index contributed by atoms with van der Waals surface area (Å²) < 4.78 is 25.9. The Kier molecular flexibility index (Phi) is 5.14. The normalized spacial score (nSPS) is 24.2. The number of rotatable bonds is 6. The average Bonchev–Trinajstić information content (AvgIpc) is 3.17. The third kappa shape index (κ3) is 3.45. The predicted molar refractivity (Wildman–Crippen MR) is 103 cm³/mol. The minimum Gasteiger partial charge on any atom is -0.489 e. The fourth-order valence-corrected chi connectivity index (χ4v) is 4.24. The second-order valence-corrected chi connectivity index (χ2v) is 7.55. The number of benzene rings is 1. The smallest absolute Gasteiger partial charge is 0.262 e. The Labute approximate surface area is 163 Å². The first kappa shape index (κ1) is 18.4. The van der Waals surface area contributed by atoms with Crippen molar-refractivity contribution in [3.63, 3.8) is 0 Å². The van der Waals surface area contributed by atoms with E-state index in [0.717, 1.165) is 24.2 Å². The van der Waals surface area contributed by atoms with E-state index in [0.29, 0.717) is 29.2 Å². The van der Waals surface area contributed by atoms with E-state index in [1.807, 2.05) is 17.1 Å². The van der Waals surface area contributed by atoms with Crippen molar-refractivity contribution < 1.29 is 13.9 Å². The Balaban J connectivity index is 1.57. The van der Waals surface area contributed by atoms with Crippen molar-refractivity contribution in [2.75, 3.05) is 18.7 Å². The van der Waals surface area contributed by atoms with Crippen LogP contribution in [0.2, 0.25) is 0 Å². The Morgan fingerprint density at radius 3 is 2.81 bits per heavy atom. The van der Waals surface area contributed by atoms with Gasteiger partial charge in [-0.05, 0) is 37.3 Å². The van der Waals surface area contributed by atoms with Crippen LogP contribution < -0.4 is 14.8 Å². The number of methoxy groups -OCH3 is 1. The lowest BCUT2D eigenvalue weighted by Gasteiger charge is -2.24. The summed E-state index contributed by atoms with van der Waals surface area (Å²) in [6, 6.07) is 5.53. The number of nitrogens with zero attached hydrogens (tertiary/aromatic N) is 3. The topological polar surface area (TPSA) is 59.5 Å². The van der Waals surface area contributed by atoms with Crippen LogP contribution in [0.3, 0.4) is 0 Å². The van der Waals surface area contributed by atoms with Crippen LogP contribution in [-0.2, 0) is 0 Å². The van der Waals surface area contributed by atoms with Gasteiger partial charge in [-0.2, -0.15) is 4.98 Å². The third-order valence-corrected chi connectivity index (χ3v) is 5.93. The molecule has 3 heterocycles. The first-order valence-corrected chi connectivity index (χ1v) is 10.0. The van der Waals surface area contributed by atoms with Crippen molar-refractivity contribution in [1.29, 1.82) is 0 Å². The summed E-state index contributed by atoms with van der Waals surface area (Å²) in [5.74, 6) is 0.669. The zero-order valence-electron chi connectivity index (χ0n) is 15.2. The van der Waals surface area contributed by atoms with Crippen LogP contribution in [0.1, 0.15) is 19.3 Å². The summed E-state index contributed by atoms with van der Waals surface area (Å²) in [7, 11) is 7.62. The average molecular weight is 386 g/mol. The number of ether oxygens (including phenoxy) is 2. The second-order valence-electron chi connectivity index (χ2n) is 6.67. The van der Waals surface area contributed by atoms with Crippen LogP contribution in [-0.4, -0.2) is 54.3 Å².